The molecule has 1 aliphatic carbocycles. The Morgan fingerprint density at radius 2 is 2.09 bits per heavy atom. The predicted molar refractivity (Wildman–Crippen MR) is 49.9 cm³/mol. The molecule has 0 aromatic heterocycles. The number of hydrogen-bond donors (Lipinski definition) is 0. The van der Waals surface area contributed by atoms with Crippen LogP contribution in [-0.2, 0) is 4.79 Å². The van der Waals surface area contributed by atoms with Crippen LogP contribution in [-0.4, -0.2) is 11.1 Å². The van der Waals surface area contributed by atoms with Gasteiger partial charge in [-0.1, -0.05) is 42.1 Å². The molecule has 0 aliphatic heterocycles. The van der Waals surface area contributed by atoms with Crippen LogP contribution in [0.15, 0.2) is 0 Å². The van der Waals surface area contributed by atoms with Gasteiger partial charge in [-0.05, 0) is 12.3 Å². The maximum Gasteiger partial charge on any atom is 0.146 e. The van der Waals surface area contributed by atoms with Crippen molar-refractivity contribution in [1.29, 1.82) is 0 Å². The fourth-order valence-corrected chi connectivity index (χ4v) is 2.31. The summed E-state index contributed by atoms with van der Waals surface area (Å²) in [6.45, 7) is 2.20. The Morgan fingerprint density at radius 1 is 1.45 bits per heavy atom. The number of hydrogen-bond acceptors (Lipinski definition) is 1. The highest BCUT2D eigenvalue weighted by molar-refractivity contribution is 9.09. The van der Waals surface area contributed by atoms with Crippen molar-refractivity contribution >= 4 is 21.7 Å². The first-order valence-corrected chi connectivity index (χ1v) is 5.46. The summed E-state index contributed by atoms with van der Waals surface area (Å²) in [4.78, 5) is 11.3. The molecule has 0 heterocycles. The smallest absolute Gasteiger partial charge is 0.146 e. The van der Waals surface area contributed by atoms with Gasteiger partial charge in [0.05, 0.1) is 5.33 Å². The molecule has 2 unspecified atom stereocenters. The van der Waals surface area contributed by atoms with Crippen LogP contribution in [0.3, 0.4) is 0 Å². The Hall–Kier alpha value is 0.150. The van der Waals surface area contributed by atoms with Gasteiger partial charge in [0.25, 0.3) is 0 Å². The number of carbonyl (C=O) groups is 1. The molecule has 0 amide bonds. The van der Waals surface area contributed by atoms with E-state index in [4.69, 9.17) is 0 Å². The van der Waals surface area contributed by atoms with E-state index >= 15 is 0 Å². The van der Waals surface area contributed by atoms with E-state index in [0.29, 0.717) is 22.9 Å². The Morgan fingerprint density at radius 3 is 2.64 bits per heavy atom. The molecule has 1 saturated carbocycles. The van der Waals surface area contributed by atoms with Crippen LogP contribution in [0.1, 0.15) is 32.6 Å². The topological polar surface area (TPSA) is 17.1 Å². The fraction of sp³-hybridized carbons (Fsp3) is 0.889. The molecule has 1 nitrogen and oxygen atoms in total. The minimum atomic E-state index is 0.350. The molecule has 0 aromatic carbocycles. The lowest BCUT2D eigenvalue weighted by atomic mass is 9.78. The molecule has 2 atom stereocenters. The highest BCUT2D eigenvalue weighted by Crippen LogP contribution is 2.30. The van der Waals surface area contributed by atoms with E-state index in [2.05, 4.69) is 22.9 Å². The normalized spacial score (nSPS) is 31.8. The van der Waals surface area contributed by atoms with E-state index in [1.54, 1.807) is 0 Å². The Kier molecular flexibility index (Phi) is 3.57. The quantitative estimate of drug-likeness (QED) is 0.652. The summed E-state index contributed by atoms with van der Waals surface area (Å²) in [5, 5.41) is 0.544. The van der Waals surface area contributed by atoms with Gasteiger partial charge >= 0.3 is 0 Å². The van der Waals surface area contributed by atoms with Gasteiger partial charge in [-0.25, -0.2) is 0 Å². The van der Waals surface area contributed by atoms with Crippen molar-refractivity contribution in [3.05, 3.63) is 0 Å². The van der Waals surface area contributed by atoms with E-state index in [1.807, 2.05) is 0 Å². The molecule has 1 aliphatic rings. The second-order valence-electron chi connectivity index (χ2n) is 3.47. The van der Waals surface area contributed by atoms with Gasteiger partial charge in [-0.15, -0.1) is 0 Å². The van der Waals surface area contributed by atoms with Crippen molar-refractivity contribution in [2.24, 2.45) is 11.8 Å². The summed E-state index contributed by atoms with van der Waals surface area (Å²) in [7, 11) is 0. The zero-order valence-corrected chi connectivity index (χ0v) is 8.56. The maximum atomic E-state index is 11.3. The first kappa shape index (κ1) is 9.24. The molecule has 0 aromatic rings. The summed E-state index contributed by atoms with van der Waals surface area (Å²) in [6.07, 6.45) is 4.91. The van der Waals surface area contributed by atoms with Gasteiger partial charge in [0, 0.05) is 5.92 Å². The molecule has 64 valence electrons. The van der Waals surface area contributed by atoms with E-state index < -0.39 is 0 Å². The Bertz CT molecular complexity index is 144. The molecule has 0 spiro atoms. The van der Waals surface area contributed by atoms with E-state index in [0.717, 1.165) is 6.42 Å². The van der Waals surface area contributed by atoms with Crippen LogP contribution in [0.25, 0.3) is 0 Å². The lowest BCUT2D eigenvalue weighted by Crippen LogP contribution is -2.25. The Balaban J connectivity index is 2.47. The van der Waals surface area contributed by atoms with E-state index in [1.165, 1.54) is 19.3 Å². The Labute approximate surface area is 76.7 Å². The van der Waals surface area contributed by atoms with Crippen LogP contribution in [0.5, 0.6) is 0 Å². The number of ketones is 1. The van der Waals surface area contributed by atoms with Gasteiger partial charge in [0.1, 0.15) is 5.78 Å². The van der Waals surface area contributed by atoms with Crippen LogP contribution < -0.4 is 0 Å². The SMILES string of the molecule is CC1CCCCC1C(=O)CBr. The third-order valence-electron chi connectivity index (χ3n) is 2.66. The zero-order valence-electron chi connectivity index (χ0n) is 6.98. The van der Waals surface area contributed by atoms with Gasteiger partial charge in [-0.2, -0.15) is 0 Å². The highest BCUT2D eigenvalue weighted by atomic mass is 79.9. The van der Waals surface area contributed by atoms with Gasteiger partial charge in [0.2, 0.25) is 0 Å². The standard InChI is InChI=1S/C9H15BrO/c1-7-4-2-3-5-8(7)9(11)6-10/h7-8H,2-6H2,1H3. The van der Waals surface area contributed by atoms with Gasteiger partial charge in [-0.3, -0.25) is 4.79 Å². The predicted octanol–water partition coefficient (Wildman–Crippen LogP) is 2.78. The average Bonchev–Trinajstić information content (AvgIpc) is 2.04. The van der Waals surface area contributed by atoms with Crippen LogP contribution in [0, 0.1) is 11.8 Å². The zero-order chi connectivity index (χ0) is 8.27. The molecule has 0 saturated heterocycles. The number of Topliss-reactive ketones (excluding diaryl/α,β-unsaturated/α-hetero) is 1. The first-order chi connectivity index (χ1) is 5.25. The number of carbonyl (C=O) groups excluding carboxylic acids is 1. The van der Waals surface area contributed by atoms with Crippen molar-refractivity contribution in [2.75, 3.05) is 5.33 Å². The average molecular weight is 219 g/mol. The molecule has 0 bridgehead atoms. The number of halogens is 1. The van der Waals surface area contributed by atoms with Crippen molar-refractivity contribution in [3.8, 4) is 0 Å². The number of alkyl halides is 1. The minimum Gasteiger partial charge on any atom is -0.298 e. The maximum absolute atomic E-state index is 11.3. The molecule has 0 N–H and O–H groups in total. The lowest BCUT2D eigenvalue weighted by molar-refractivity contribution is -0.122. The molecular formula is C9H15BrO. The molecule has 1 rings (SSSR count). The fourth-order valence-electron chi connectivity index (χ4n) is 1.89. The monoisotopic (exact) mass is 218 g/mol. The molecule has 11 heavy (non-hydrogen) atoms. The number of rotatable bonds is 2. The molecule has 2 heteroatoms. The highest BCUT2D eigenvalue weighted by Gasteiger charge is 2.26. The minimum absolute atomic E-state index is 0.350. The summed E-state index contributed by atoms with van der Waals surface area (Å²) in [5.41, 5.74) is 0. The molecule has 1 fully saturated rings. The second-order valence-corrected chi connectivity index (χ2v) is 4.03. The lowest BCUT2D eigenvalue weighted by Gasteiger charge is -2.26. The van der Waals surface area contributed by atoms with Crippen LogP contribution in [0.2, 0.25) is 0 Å². The van der Waals surface area contributed by atoms with Gasteiger partial charge < -0.3 is 0 Å². The summed E-state index contributed by atoms with van der Waals surface area (Å²) >= 11 is 3.23. The summed E-state index contributed by atoms with van der Waals surface area (Å²) < 4.78 is 0. The van der Waals surface area contributed by atoms with E-state index in [9.17, 15) is 4.79 Å². The van der Waals surface area contributed by atoms with Crippen LogP contribution in [0.4, 0.5) is 0 Å². The first-order valence-electron chi connectivity index (χ1n) is 4.34. The van der Waals surface area contributed by atoms with Gasteiger partial charge in [0.15, 0.2) is 0 Å². The van der Waals surface area contributed by atoms with Crippen LogP contribution >= 0.6 is 15.9 Å². The summed E-state index contributed by atoms with van der Waals surface area (Å²) in [6, 6.07) is 0. The van der Waals surface area contributed by atoms with Crippen molar-refractivity contribution in [1.82, 2.24) is 0 Å². The van der Waals surface area contributed by atoms with Crippen molar-refractivity contribution in [3.63, 3.8) is 0 Å². The van der Waals surface area contributed by atoms with Crippen molar-refractivity contribution < 1.29 is 4.79 Å². The largest absolute Gasteiger partial charge is 0.298 e. The second kappa shape index (κ2) is 4.24. The molecular weight excluding hydrogens is 204 g/mol. The van der Waals surface area contributed by atoms with E-state index in [-0.39, 0.29) is 0 Å². The molecule has 0 radical (unpaired) electrons. The summed E-state index contributed by atoms with van der Waals surface area (Å²) in [5.74, 6) is 1.37. The van der Waals surface area contributed by atoms with Crippen molar-refractivity contribution in [2.45, 2.75) is 32.6 Å². The third kappa shape index (κ3) is 2.29. The third-order valence-corrected chi connectivity index (χ3v) is 3.21.